The number of fused-ring (bicyclic) bond motifs is 3. The molecule has 4 atom stereocenters. The van der Waals surface area contributed by atoms with Gasteiger partial charge >= 0.3 is 0 Å². The molecule has 1 saturated carbocycles. The van der Waals surface area contributed by atoms with E-state index in [1.807, 2.05) is 49.2 Å². The summed E-state index contributed by atoms with van der Waals surface area (Å²) in [6, 6.07) is 21.2. The number of aryl methyl sites for hydroxylation is 1. The number of aromatic nitrogens is 4. The van der Waals surface area contributed by atoms with Gasteiger partial charge in [-0.05, 0) is 36.3 Å². The van der Waals surface area contributed by atoms with Gasteiger partial charge in [0, 0.05) is 47.5 Å². The number of carbonyl (C=O) groups excluding carboxylic acids is 1. The van der Waals surface area contributed by atoms with Gasteiger partial charge < -0.3 is 0 Å². The number of carbonyl (C=O) groups is 1. The summed E-state index contributed by atoms with van der Waals surface area (Å²) in [7, 11) is 2.00. The van der Waals surface area contributed by atoms with E-state index in [4.69, 9.17) is 5.10 Å². The molecule has 0 bridgehead atoms. The molecule has 36 heavy (non-hydrogen) atoms. The smallest absolute Gasteiger partial charge is 0.153 e. The highest BCUT2D eigenvalue weighted by molar-refractivity contribution is 5.88. The Kier molecular flexibility index (Phi) is 5.30. The monoisotopic (exact) mass is 473 g/mol. The number of hydrogen-bond acceptors (Lipinski definition) is 5. The number of rotatable bonds is 3. The Morgan fingerprint density at radius 2 is 1.69 bits per heavy atom. The second-order valence-electron chi connectivity index (χ2n) is 10.1. The minimum atomic E-state index is -0.625. The van der Waals surface area contributed by atoms with Crippen molar-refractivity contribution < 1.29 is 4.79 Å². The number of Topliss-reactive ketones (excluding diaryl/α,β-unsaturated/α-hetero) is 1. The van der Waals surface area contributed by atoms with Gasteiger partial charge in [0.1, 0.15) is 12.2 Å². The zero-order chi connectivity index (χ0) is 24.9. The molecule has 0 aliphatic heterocycles. The maximum Gasteiger partial charge on any atom is 0.153 e. The molecule has 0 amide bonds. The Hall–Kier alpha value is -4.11. The molecule has 0 saturated heterocycles. The summed E-state index contributed by atoms with van der Waals surface area (Å²) in [6.45, 7) is 2.01. The standard InChI is InChI=1S/C30H27N5O/c1-19-26-13-12-25-27(21-10-8-20(9-11-21)23-16-32-18-33-17-23)35(2)34-29(25)30(26,14-22(15-31)28(19)36)24-6-4-3-5-7-24/h3-11,16-19,22,26H,12-14H2,1-2H3/t19-,22?,26-,30-/m0/s1. The minimum absolute atomic E-state index is 0.0779. The summed E-state index contributed by atoms with van der Waals surface area (Å²) in [4.78, 5) is 21.3. The average molecular weight is 474 g/mol. The molecule has 178 valence electrons. The lowest BCUT2D eigenvalue weighted by atomic mass is 9.51. The first-order valence-corrected chi connectivity index (χ1v) is 12.5. The van der Waals surface area contributed by atoms with Crippen LogP contribution in [0.5, 0.6) is 0 Å². The Balaban J connectivity index is 1.51. The van der Waals surface area contributed by atoms with Crippen LogP contribution in [-0.2, 0) is 23.7 Å². The van der Waals surface area contributed by atoms with Gasteiger partial charge in [-0.3, -0.25) is 9.48 Å². The van der Waals surface area contributed by atoms with Crippen molar-refractivity contribution in [2.75, 3.05) is 0 Å². The Bertz CT molecular complexity index is 1470. The quantitative estimate of drug-likeness (QED) is 0.411. The van der Waals surface area contributed by atoms with Gasteiger partial charge in [0.2, 0.25) is 0 Å². The maximum absolute atomic E-state index is 13.1. The molecule has 0 spiro atoms. The van der Waals surface area contributed by atoms with Crippen molar-refractivity contribution in [3.8, 4) is 28.5 Å². The second-order valence-corrected chi connectivity index (χ2v) is 10.1. The zero-order valence-corrected chi connectivity index (χ0v) is 20.4. The fourth-order valence-corrected chi connectivity index (χ4v) is 6.69. The summed E-state index contributed by atoms with van der Waals surface area (Å²) < 4.78 is 1.99. The van der Waals surface area contributed by atoms with Crippen LogP contribution < -0.4 is 0 Å². The zero-order valence-electron chi connectivity index (χ0n) is 20.4. The van der Waals surface area contributed by atoms with E-state index in [0.717, 1.165) is 46.5 Å². The molecule has 2 aromatic heterocycles. The van der Waals surface area contributed by atoms with Crippen molar-refractivity contribution in [1.82, 2.24) is 19.7 Å². The molecule has 0 N–H and O–H groups in total. The van der Waals surface area contributed by atoms with E-state index >= 15 is 0 Å². The molecule has 2 heterocycles. The van der Waals surface area contributed by atoms with Crippen LogP contribution in [0.15, 0.2) is 73.3 Å². The molecule has 4 aromatic rings. The molecule has 1 unspecified atom stereocenters. The Morgan fingerprint density at radius 1 is 1.00 bits per heavy atom. The van der Waals surface area contributed by atoms with Gasteiger partial charge in [0.25, 0.3) is 0 Å². The first-order chi connectivity index (χ1) is 17.5. The largest absolute Gasteiger partial charge is 0.298 e. The topological polar surface area (TPSA) is 84.5 Å². The van der Waals surface area contributed by atoms with Gasteiger partial charge in [-0.1, -0.05) is 61.5 Å². The number of nitriles is 1. The molecule has 1 fully saturated rings. The molecule has 6 heteroatoms. The highest BCUT2D eigenvalue weighted by Gasteiger charge is 2.57. The van der Waals surface area contributed by atoms with Crippen LogP contribution in [0.1, 0.15) is 36.6 Å². The highest BCUT2D eigenvalue weighted by atomic mass is 16.1. The van der Waals surface area contributed by atoms with E-state index in [1.54, 1.807) is 0 Å². The van der Waals surface area contributed by atoms with Gasteiger partial charge in [0.05, 0.1) is 17.5 Å². The predicted octanol–water partition coefficient (Wildman–Crippen LogP) is 5.14. The molecule has 2 aromatic carbocycles. The van der Waals surface area contributed by atoms with Crippen LogP contribution in [0.4, 0.5) is 0 Å². The highest BCUT2D eigenvalue weighted by Crippen LogP contribution is 2.57. The van der Waals surface area contributed by atoms with E-state index in [1.165, 1.54) is 11.9 Å². The molecule has 0 radical (unpaired) electrons. The fourth-order valence-electron chi connectivity index (χ4n) is 6.69. The third-order valence-corrected chi connectivity index (χ3v) is 8.33. The van der Waals surface area contributed by atoms with Crippen molar-refractivity contribution in [3.05, 3.63) is 90.1 Å². The number of hydrogen-bond donors (Lipinski definition) is 0. The van der Waals surface area contributed by atoms with Crippen LogP contribution in [-0.4, -0.2) is 25.5 Å². The van der Waals surface area contributed by atoms with Gasteiger partial charge in [-0.2, -0.15) is 10.4 Å². The van der Waals surface area contributed by atoms with Crippen molar-refractivity contribution in [2.24, 2.45) is 24.8 Å². The maximum atomic E-state index is 13.1. The van der Waals surface area contributed by atoms with E-state index in [0.29, 0.717) is 6.42 Å². The number of ketones is 1. The normalized spacial score (nSPS) is 25.0. The van der Waals surface area contributed by atoms with E-state index < -0.39 is 11.3 Å². The Morgan fingerprint density at radius 3 is 2.39 bits per heavy atom. The summed E-state index contributed by atoms with van der Waals surface area (Å²) in [6.07, 6.45) is 7.40. The second kappa shape index (κ2) is 8.53. The van der Waals surface area contributed by atoms with Gasteiger partial charge in [0.15, 0.2) is 5.78 Å². The van der Waals surface area contributed by atoms with Crippen LogP contribution >= 0.6 is 0 Å². The predicted molar refractivity (Wildman–Crippen MR) is 137 cm³/mol. The lowest BCUT2D eigenvalue weighted by molar-refractivity contribution is -0.131. The lowest BCUT2D eigenvalue weighted by Crippen LogP contribution is -2.52. The number of nitrogens with zero attached hydrogens (tertiary/aromatic N) is 5. The minimum Gasteiger partial charge on any atom is -0.298 e. The van der Waals surface area contributed by atoms with Gasteiger partial charge in [-0.15, -0.1) is 0 Å². The van der Waals surface area contributed by atoms with Crippen molar-refractivity contribution in [3.63, 3.8) is 0 Å². The summed E-state index contributed by atoms with van der Waals surface area (Å²) in [5.41, 5.74) is 7.20. The third-order valence-electron chi connectivity index (χ3n) is 8.33. The summed E-state index contributed by atoms with van der Waals surface area (Å²) >= 11 is 0. The van der Waals surface area contributed by atoms with Crippen molar-refractivity contribution >= 4 is 5.78 Å². The molecule has 6 rings (SSSR count). The van der Waals surface area contributed by atoms with E-state index in [-0.39, 0.29) is 17.6 Å². The molecular formula is C30H27N5O. The van der Waals surface area contributed by atoms with Crippen LogP contribution in [0.25, 0.3) is 22.4 Å². The van der Waals surface area contributed by atoms with Crippen LogP contribution in [0.3, 0.4) is 0 Å². The summed E-state index contributed by atoms with van der Waals surface area (Å²) in [5.74, 6) is -0.614. The van der Waals surface area contributed by atoms with Crippen molar-refractivity contribution in [1.29, 1.82) is 5.26 Å². The SMILES string of the molecule is C[C@@H]1C(=O)C(C#N)C[C@@]2(c3ccccc3)c3nn(C)c(-c4ccc(-c5cncnc5)cc4)c3CC[C@@H]12. The van der Waals surface area contributed by atoms with Crippen molar-refractivity contribution in [2.45, 2.75) is 31.6 Å². The number of benzene rings is 2. The van der Waals surface area contributed by atoms with Crippen LogP contribution in [0, 0.1) is 29.1 Å². The van der Waals surface area contributed by atoms with Crippen LogP contribution in [0.2, 0.25) is 0 Å². The molecule has 2 aliphatic rings. The Labute approximate surface area is 210 Å². The van der Waals surface area contributed by atoms with Gasteiger partial charge in [-0.25, -0.2) is 9.97 Å². The summed E-state index contributed by atoms with van der Waals surface area (Å²) in [5, 5.41) is 15.1. The molecule has 2 aliphatic carbocycles. The lowest BCUT2D eigenvalue weighted by Gasteiger charge is -2.50. The third kappa shape index (κ3) is 3.23. The fraction of sp³-hybridized carbons (Fsp3) is 0.300. The first-order valence-electron chi connectivity index (χ1n) is 12.5. The van der Waals surface area contributed by atoms with E-state index in [9.17, 15) is 10.1 Å². The molecular weight excluding hydrogens is 446 g/mol. The molecule has 6 nitrogen and oxygen atoms in total. The van der Waals surface area contributed by atoms with E-state index in [2.05, 4.69) is 52.4 Å². The first kappa shape index (κ1) is 22.4. The average Bonchev–Trinajstić information content (AvgIpc) is 3.28.